The van der Waals surface area contributed by atoms with E-state index in [1.165, 1.54) is 0 Å². The van der Waals surface area contributed by atoms with Gasteiger partial charge in [0.05, 0.1) is 6.23 Å². The summed E-state index contributed by atoms with van der Waals surface area (Å²) in [6.45, 7) is 13.7. The lowest BCUT2D eigenvalue weighted by molar-refractivity contribution is 0.00564. The molecule has 0 saturated carbocycles. The molecule has 0 aromatic heterocycles. The quantitative estimate of drug-likeness (QED) is 0.477. The van der Waals surface area contributed by atoms with E-state index < -0.39 is 14.5 Å². The van der Waals surface area contributed by atoms with Gasteiger partial charge in [0.1, 0.15) is 0 Å². The summed E-state index contributed by atoms with van der Waals surface area (Å²) in [6, 6.07) is 0. The molecule has 0 amide bonds. The van der Waals surface area contributed by atoms with Crippen molar-refractivity contribution in [3.63, 3.8) is 0 Å². The first-order valence-electron chi connectivity index (χ1n) is 6.76. The summed E-state index contributed by atoms with van der Waals surface area (Å²) >= 11 is -0.934. The highest BCUT2D eigenvalue weighted by Crippen LogP contribution is 2.13. The van der Waals surface area contributed by atoms with Crippen molar-refractivity contribution in [2.75, 3.05) is 13.1 Å². The van der Waals surface area contributed by atoms with E-state index in [4.69, 9.17) is 3.79 Å². The predicted octanol–water partition coefficient (Wildman–Crippen LogP) is 3.60. The molecule has 0 fully saturated rings. The van der Waals surface area contributed by atoms with Crippen molar-refractivity contribution in [2.24, 2.45) is 11.8 Å². The van der Waals surface area contributed by atoms with Gasteiger partial charge < -0.3 is 3.79 Å². The molecule has 1 unspecified atom stereocenters. The van der Waals surface area contributed by atoms with Crippen LogP contribution >= 0.6 is 0 Å². The van der Waals surface area contributed by atoms with Crippen LogP contribution in [-0.2, 0) is 3.79 Å². The van der Waals surface area contributed by atoms with Crippen molar-refractivity contribution in [2.45, 2.75) is 58.8 Å². The molecule has 0 spiro atoms. The summed E-state index contributed by atoms with van der Waals surface area (Å²) in [5, 5.41) is 0. The van der Waals surface area contributed by atoms with Crippen molar-refractivity contribution < 1.29 is 3.79 Å². The monoisotopic (exact) mass is 243 g/mol. The molecule has 0 heterocycles. The smallest absolute Gasteiger partial charge is 0.455 e. The van der Waals surface area contributed by atoms with Crippen LogP contribution in [0, 0.1) is 11.8 Å². The van der Waals surface area contributed by atoms with E-state index in [1.807, 2.05) is 0 Å². The zero-order chi connectivity index (χ0) is 12.7. The zero-order valence-electron chi connectivity index (χ0n) is 12.3. The van der Waals surface area contributed by atoms with E-state index in [0.717, 1.165) is 19.5 Å². The lowest BCUT2D eigenvalue weighted by Gasteiger charge is -2.35. The van der Waals surface area contributed by atoms with E-state index in [9.17, 15) is 0 Å². The average molecular weight is 243 g/mol. The Balaban J connectivity index is 4.42. The molecule has 0 rings (SSSR count). The van der Waals surface area contributed by atoms with E-state index >= 15 is 0 Å². The molecule has 0 radical (unpaired) electrons. The Morgan fingerprint density at radius 2 is 1.44 bits per heavy atom. The number of hydrogen-bond acceptors (Lipinski definition) is 2. The molecule has 16 heavy (non-hydrogen) atoms. The Labute approximate surface area is 107 Å². The molecular formula is C13H30AlNO. The standard InChI is InChI=1S/C11H24NO.2CH3.Al/c1-6-11(13)12(7-9(2)3)8-10(4)5;;;/h9-11H,6-8H2,1-5H3;2*1H3;/q-1;;;+1. The third-order valence-corrected chi connectivity index (χ3v) is 3.24. The second-order valence-corrected chi connectivity index (χ2v) is 8.16. The summed E-state index contributed by atoms with van der Waals surface area (Å²) < 4.78 is 6.13. The molecule has 2 nitrogen and oxygen atoms in total. The fourth-order valence-electron chi connectivity index (χ4n) is 2.00. The van der Waals surface area contributed by atoms with E-state index in [0.29, 0.717) is 18.1 Å². The van der Waals surface area contributed by atoms with Crippen LogP contribution in [0.15, 0.2) is 0 Å². The molecular weight excluding hydrogens is 213 g/mol. The molecule has 1 atom stereocenters. The maximum Gasteiger partial charge on any atom is 0.455 e. The summed E-state index contributed by atoms with van der Waals surface area (Å²) in [7, 11) is 0. The van der Waals surface area contributed by atoms with Crippen LogP contribution in [0.1, 0.15) is 41.0 Å². The van der Waals surface area contributed by atoms with Gasteiger partial charge in [-0.3, -0.25) is 4.90 Å². The zero-order valence-corrected chi connectivity index (χ0v) is 13.4. The molecule has 96 valence electrons. The fraction of sp³-hybridized carbons (Fsp3) is 1.00. The SMILES string of the molecule is CCC([O][Al]([CH3])[CH3])N(CC(C)C)CC(C)C. The van der Waals surface area contributed by atoms with E-state index in [-0.39, 0.29) is 0 Å². The number of nitrogens with zero attached hydrogens (tertiary/aromatic N) is 1. The Bertz CT molecular complexity index is 161. The molecule has 3 heteroatoms. The molecule has 0 aromatic carbocycles. The molecule has 0 aliphatic rings. The van der Waals surface area contributed by atoms with Crippen LogP contribution < -0.4 is 0 Å². The first-order chi connectivity index (χ1) is 7.36. The molecule has 0 bridgehead atoms. The van der Waals surface area contributed by atoms with Gasteiger partial charge in [0.2, 0.25) is 0 Å². The van der Waals surface area contributed by atoms with Crippen LogP contribution in [-0.4, -0.2) is 38.7 Å². The Kier molecular flexibility index (Phi) is 8.77. The minimum Gasteiger partial charge on any atom is -0.487 e. The van der Waals surface area contributed by atoms with Crippen molar-refractivity contribution >= 4 is 14.5 Å². The first kappa shape index (κ1) is 16.5. The summed E-state index contributed by atoms with van der Waals surface area (Å²) in [4.78, 5) is 2.53. The van der Waals surface area contributed by atoms with Crippen molar-refractivity contribution in [1.29, 1.82) is 0 Å². The van der Waals surface area contributed by atoms with Crippen LogP contribution in [0.2, 0.25) is 11.6 Å². The predicted molar refractivity (Wildman–Crippen MR) is 73.9 cm³/mol. The molecule has 0 aliphatic carbocycles. The van der Waals surface area contributed by atoms with Crippen LogP contribution in [0.5, 0.6) is 0 Å². The van der Waals surface area contributed by atoms with E-state index in [2.05, 4.69) is 51.1 Å². The highest BCUT2D eigenvalue weighted by Gasteiger charge is 2.21. The highest BCUT2D eigenvalue weighted by atomic mass is 27.2. The third kappa shape index (κ3) is 7.68. The third-order valence-electron chi connectivity index (χ3n) is 2.39. The van der Waals surface area contributed by atoms with Crippen molar-refractivity contribution in [1.82, 2.24) is 4.90 Å². The summed E-state index contributed by atoms with van der Waals surface area (Å²) in [6.07, 6.45) is 1.45. The van der Waals surface area contributed by atoms with Gasteiger partial charge in [-0.05, 0) is 18.3 Å². The minimum atomic E-state index is -0.934. The van der Waals surface area contributed by atoms with Gasteiger partial charge in [-0.15, -0.1) is 0 Å². The summed E-state index contributed by atoms with van der Waals surface area (Å²) in [5.74, 6) is 5.94. The average Bonchev–Trinajstić information content (AvgIpc) is 2.11. The highest BCUT2D eigenvalue weighted by molar-refractivity contribution is 6.48. The minimum absolute atomic E-state index is 0.344. The van der Waals surface area contributed by atoms with E-state index in [1.54, 1.807) is 0 Å². The van der Waals surface area contributed by atoms with Gasteiger partial charge >= 0.3 is 14.5 Å². The summed E-state index contributed by atoms with van der Waals surface area (Å²) in [5.41, 5.74) is 0. The molecule has 0 aromatic rings. The van der Waals surface area contributed by atoms with Gasteiger partial charge in [-0.2, -0.15) is 0 Å². The number of hydrogen-bond donors (Lipinski definition) is 0. The van der Waals surface area contributed by atoms with Crippen molar-refractivity contribution in [3.05, 3.63) is 0 Å². The van der Waals surface area contributed by atoms with Gasteiger partial charge in [0.15, 0.2) is 0 Å². The van der Waals surface area contributed by atoms with Crippen LogP contribution in [0.3, 0.4) is 0 Å². The molecule has 0 saturated heterocycles. The Morgan fingerprint density at radius 3 is 1.69 bits per heavy atom. The van der Waals surface area contributed by atoms with Crippen LogP contribution in [0.25, 0.3) is 0 Å². The Morgan fingerprint density at radius 1 is 1.00 bits per heavy atom. The first-order valence-corrected chi connectivity index (χ1v) is 9.54. The molecule has 0 N–H and O–H groups in total. The Hall–Kier alpha value is 0.452. The maximum atomic E-state index is 6.13. The second-order valence-electron chi connectivity index (χ2n) is 5.79. The fourth-order valence-corrected chi connectivity index (χ4v) is 3.00. The van der Waals surface area contributed by atoms with Gasteiger partial charge in [0.25, 0.3) is 0 Å². The second kappa shape index (κ2) is 8.53. The van der Waals surface area contributed by atoms with Gasteiger partial charge in [-0.1, -0.05) is 46.2 Å². The van der Waals surface area contributed by atoms with Crippen LogP contribution in [0.4, 0.5) is 0 Å². The lowest BCUT2D eigenvalue weighted by Crippen LogP contribution is -2.43. The van der Waals surface area contributed by atoms with Gasteiger partial charge in [-0.25, -0.2) is 0 Å². The molecule has 0 aliphatic heterocycles. The topological polar surface area (TPSA) is 12.5 Å². The number of rotatable bonds is 8. The maximum absolute atomic E-state index is 6.13. The van der Waals surface area contributed by atoms with Crippen molar-refractivity contribution in [3.8, 4) is 0 Å². The normalized spacial score (nSPS) is 13.9. The van der Waals surface area contributed by atoms with Gasteiger partial charge in [0, 0.05) is 13.1 Å². The lowest BCUT2D eigenvalue weighted by atomic mass is 10.1. The largest absolute Gasteiger partial charge is 0.487 e.